The molecule has 2 heterocycles. The van der Waals surface area contributed by atoms with Gasteiger partial charge in [-0.2, -0.15) is 0 Å². The van der Waals surface area contributed by atoms with Crippen molar-refractivity contribution in [3.05, 3.63) is 36.7 Å². The first-order valence-corrected chi connectivity index (χ1v) is 7.84. The van der Waals surface area contributed by atoms with Crippen molar-refractivity contribution in [3.8, 4) is 11.4 Å². The number of hydrogen-bond acceptors (Lipinski definition) is 4. The predicted molar refractivity (Wildman–Crippen MR) is 86.8 cm³/mol. The topological polar surface area (TPSA) is 51.6 Å². The van der Waals surface area contributed by atoms with Gasteiger partial charge in [0.15, 0.2) is 5.82 Å². The van der Waals surface area contributed by atoms with E-state index in [4.69, 9.17) is 0 Å². The molecule has 2 rings (SSSR count). The number of hydrogen-bond donors (Lipinski definition) is 0. The van der Waals surface area contributed by atoms with Crippen LogP contribution in [0.2, 0.25) is 0 Å². The molecular weight excluding hydrogens is 260 g/mol. The van der Waals surface area contributed by atoms with Crippen LogP contribution in [0.15, 0.2) is 30.9 Å². The number of aromatic nitrogens is 4. The zero-order valence-corrected chi connectivity index (χ0v) is 13.4. The summed E-state index contributed by atoms with van der Waals surface area (Å²) in [6.45, 7) is 6.35. The third kappa shape index (κ3) is 7.49. The molecule has 114 valence electrons. The third-order valence-corrected chi connectivity index (χ3v) is 3.06. The molecule has 0 aliphatic rings. The minimum atomic E-state index is 0.655. The maximum atomic E-state index is 4.09. The van der Waals surface area contributed by atoms with Crippen molar-refractivity contribution in [2.75, 3.05) is 0 Å². The van der Waals surface area contributed by atoms with Crippen LogP contribution in [-0.4, -0.2) is 19.9 Å². The molecule has 2 aromatic heterocycles. The van der Waals surface area contributed by atoms with Crippen molar-refractivity contribution < 1.29 is 0 Å². The minimum Gasteiger partial charge on any atom is -0.241 e. The van der Waals surface area contributed by atoms with E-state index in [0.717, 1.165) is 11.4 Å². The van der Waals surface area contributed by atoms with E-state index in [2.05, 4.69) is 33.8 Å². The second-order valence-electron chi connectivity index (χ2n) is 5.01. The molecule has 0 radical (unpaired) electrons. The van der Waals surface area contributed by atoms with Crippen molar-refractivity contribution in [2.45, 2.75) is 59.3 Å². The minimum absolute atomic E-state index is 0.655. The molecular formula is C17H26N4. The van der Waals surface area contributed by atoms with E-state index in [-0.39, 0.29) is 0 Å². The fraction of sp³-hybridized carbons (Fsp3) is 0.529. The predicted octanol–water partition coefficient (Wildman–Crippen LogP) is 4.61. The maximum Gasteiger partial charge on any atom is 0.162 e. The van der Waals surface area contributed by atoms with Gasteiger partial charge in [0.05, 0.1) is 5.56 Å². The molecule has 0 saturated carbocycles. The SMILES string of the molecule is CCCCCCCC.Cc1ncc(-c2ncccn2)cn1. The lowest BCUT2D eigenvalue weighted by atomic mass is 10.1. The van der Waals surface area contributed by atoms with Crippen molar-refractivity contribution in [1.82, 2.24) is 19.9 Å². The van der Waals surface area contributed by atoms with Crippen LogP contribution >= 0.6 is 0 Å². The highest BCUT2D eigenvalue weighted by molar-refractivity contribution is 5.50. The standard InChI is InChI=1S/C9H8N4.C8H18/c1-7-12-5-8(6-13-7)9-10-3-2-4-11-9;1-3-5-7-8-6-4-2/h2-6H,1H3;3-8H2,1-2H3. The summed E-state index contributed by atoms with van der Waals surface area (Å²) in [7, 11) is 0. The lowest BCUT2D eigenvalue weighted by Crippen LogP contribution is -1.91. The molecule has 21 heavy (non-hydrogen) atoms. The fourth-order valence-corrected chi connectivity index (χ4v) is 1.81. The zero-order valence-electron chi connectivity index (χ0n) is 13.4. The highest BCUT2D eigenvalue weighted by Crippen LogP contribution is 2.09. The summed E-state index contributed by atoms with van der Waals surface area (Å²) < 4.78 is 0. The first kappa shape index (κ1) is 17.2. The molecule has 0 aliphatic heterocycles. The molecule has 0 saturated heterocycles. The summed E-state index contributed by atoms with van der Waals surface area (Å²) in [6, 6.07) is 1.78. The monoisotopic (exact) mass is 286 g/mol. The van der Waals surface area contributed by atoms with Crippen LogP contribution in [0, 0.1) is 6.92 Å². The largest absolute Gasteiger partial charge is 0.241 e. The third-order valence-electron chi connectivity index (χ3n) is 3.06. The van der Waals surface area contributed by atoms with Gasteiger partial charge in [0.25, 0.3) is 0 Å². The Morgan fingerprint density at radius 2 is 1.29 bits per heavy atom. The molecule has 2 aromatic rings. The second kappa shape index (κ2) is 10.9. The van der Waals surface area contributed by atoms with Crippen LogP contribution in [0.4, 0.5) is 0 Å². The van der Waals surface area contributed by atoms with Crippen molar-refractivity contribution in [1.29, 1.82) is 0 Å². The molecule has 0 unspecified atom stereocenters. The molecule has 0 spiro atoms. The van der Waals surface area contributed by atoms with Gasteiger partial charge >= 0.3 is 0 Å². The molecule has 0 bridgehead atoms. The van der Waals surface area contributed by atoms with Gasteiger partial charge in [-0.15, -0.1) is 0 Å². The lowest BCUT2D eigenvalue weighted by Gasteiger charge is -1.97. The normalized spacial score (nSPS) is 9.86. The summed E-state index contributed by atoms with van der Waals surface area (Å²) in [5.41, 5.74) is 0.839. The smallest absolute Gasteiger partial charge is 0.162 e. The molecule has 4 nitrogen and oxygen atoms in total. The summed E-state index contributed by atoms with van der Waals surface area (Å²) in [5.74, 6) is 1.40. The van der Waals surface area contributed by atoms with E-state index in [1.807, 2.05) is 6.92 Å². The summed E-state index contributed by atoms with van der Waals surface area (Å²) in [6.07, 6.45) is 15.3. The number of unbranched alkanes of at least 4 members (excludes halogenated alkanes) is 5. The van der Waals surface area contributed by atoms with Gasteiger partial charge in [0.1, 0.15) is 5.82 Å². The van der Waals surface area contributed by atoms with E-state index in [0.29, 0.717) is 5.82 Å². The molecule has 0 fully saturated rings. The average Bonchev–Trinajstić information content (AvgIpc) is 2.54. The maximum absolute atomic E-state index is 4.09. The highest BCUT2D eigenvalue weighted by atomic mass is 14.9. The van der Waals surface area contributed by atoms with E-state index < -0.39 is 0 Å². The van der Waals surface area contributed by atoms with Crippen LogP contribution in [0.3, 0.4) is 0 Å². The van der Waals surface area contributed by atoms with Crippen molar-refractivity contribution >= 4 is 0 Å². The molecule has 0 aromatic carbocycles. The van der Waals surface area contributed by atoms with Gasteiger partial charge < -0.3 is 0 Å². The summed E-state index contributed by atoms with van der Waals surface area (Å²) >= 11 is 0. The number of nitrogens with zero attached hydrogens (tertiary/aromatic N) is 4. The first-order valence-electron chi connectivity index (χ1n) is 7.84. The Bertz CT molecular complexity index is 462. The Morgan fingerprint density at radius 1 is 0.762 bits per heavy atom. The molecule has 0 amide bonds. The number of rotatable bonds is 6. The van der Waals surface area contributed by atoms with E-state index in [1.165, 1.54) is 38.5 Å². The van der Waals surface area contributed by atoms with Crippen LogP contribution < -0.4 is 0 Å². The Hall–Kier alpha value is -1.84. The molecule has 0 atom stereocenters. The van der Waals surface area contributed by atoms with Crippen molar-refractivity contribution in [3.63, 3.8) is 0 Å². The van der Waals surface area contributed by atoms with Gasteiger partial charge in [0.2, 0.25) is 0 Å². The molecule has 4 heteroatoms. The average molecular weight is 286 g/mol. The highest BCUT2D eigenvalue weighted by Gasteiger charge is 1.99. The van der Waals surface area contributed by atoms with E-state index in [1.54, 1.807) is 30.9 Å². The number of aryl methyl sites for hydroxylation is 1. The lowest BCUT2D eigenvalue weighted by molar-refractivity contribution is 0.624. The Morgan fingerprint density at radius 3 is 1.76 bits per heavy atom. The first-order chi connectivity index (χ1) is 10.3. The molecule has 0 N–H and O–H groups in total. The van der Waals surface area contributed by atoms with E-state index >= 15 is 0 Å². The zero-order chi connectivity index (χ0) is 15.3. The molecule has 0 aliphatic carbocycles. The Balaban J connectivity index is 0.000000240. The summed E-state index contributed by atoms with van der Waals surface area (Å²) in [5, 5.41) is 0. The van der Waals surface area contributed by atoms with Crippen LogP contribution in [0.1, 0.15) is 58.2 Å². The Labute approximate surface area is 128 Å². The van der Waals surface area contributed by atoms with Gasteiger partial charge in [-0.25, -0.2) is 19.9 Å². The van der Waals surface area contributed by atoms with Gasteiger partial charge in [-0.05, 0) is 13.0 Å². The van der Waals surface area contributed by atoms with Crippen LogP contribution in [0.25, 0.3) is 11.4 Å². The van der Waals surface area contributed by atoms with Gasteiger partial charge in [-0.1, -0.05) is 52.4 Å². The van der Waals surface area contributed by atoms with Crippen molar-refractivity contribution in [2.24, 2.45) is 0 Å². The second-order valence-corrected chi connectivity index (χ2v) is 5.01. The fourth-order valence-electron chi connectivity index (χ4n) is 1.81. The van der Waals surface area contributed by atoms with Gasteiger partial charge in [-0.3, -0.25) is 0 Å². The van der Waals surface area contributed by atoms with E-state index in [9.17, 15) is 0 Å². The quantitative estimate of drug-likeness (QED) is 0.728. The summed E-state index contributed by atoms with van der Waals surface area (Å²) in [4.78, 5) is 16.3. The Kier molecular flexibility index (Phi) is 8.93. The van der Waals surface area contributed by atoms with Crippen LogP contribution in [0.5, 0.6) is 0 Å². The van der Waals surface area contributed by atoms with Crippen LogP contribution in [-0.2, 0) is 0 Å². The van der Waals surface area contributed by atoms with Gasteiger partial charge in [0, 0.05) is 24.8 Å².